The lowest BCUT2D eigenvalue weighted by atomic mass is 10.0. The Labute approximate surface area is 155 Å². The molecule has 0 saturated carbocycles. The molecule has 0 aliphatic carbocycles. The number of carbonyl (C=O) groups is 1. The van der Waals surface area contributed by atoms with Crippen molar-refractivity contribution >= 4 is 11.8 Å². The summed E-state index contributed by atoms with van der Waals surface area (Å²) >= 11 is 0. The Hall–Kier alpha value is -2.56. The zero-order chi connectivity index (χ0) is 18.2. The first-order chi connectivity index (χ1) is 12.8. The maximum absolute atomic E-state index is 12.4. The van der Waals surface area contributed by atoms with E-state index < -0.39 is 0 Å². The summed E-state index contributed by atoms with van der Waals surface area (Å²) in [5.41, 5.74) is 2.22. The Morgan fingerprint density at radius 2 is 1.96 bits per heavy atom. The fraction of sp³-hybridized carbons (Fsp3) is 0.429. The number of nitrogens with zero attached hydrogens (tertiary/aromatic N) is 2. The molecular formula is C21H28N4O. The van der Waals surface area contributed by atoms with E-state index in [1.54, 1.807) is 0 Å². The number of amides is 2. The Morgan fingerprint density at radius 1 is 1.19 bits per heavy atom. The van der Waals surface area contributed by atoms with E-state index in [9.17, 15) is 4.79 Å². The van der Waals surface area contributed by atoms with Gasteiger partial charge in [0.1, 0.15) is 5.82 Å². The lowest BCUT2D eigenvalue weighted by molar-refractivity contribution is 0.236. The predicted octanol–water partition coefficient (Wildman–Crippen LogP) is 4.02. The van der Waals surface area contributed by atoms with Crippen LogP contribution in [-0.2, 0) is 6.54 Å². The van der Waals surface area contributed by atoms with Gasteiger partial charge in [-0.25, -0.2) is 9.78 Å². The monoisotopic (exact) mass is 352 g/mol. The Kier molecular flexibility index (Phi) is 6.47. The second-order valence-electron chi connectivity index (χ2n) is 6.80. The summed E-state index contributed by atoms with van der Waals surface area (Å²) in [7, 11) is 0. The first kappa shape index (κ1) is 18.2. The van der Waals surface area contributed by atoms with Crippen molar-refractivity contribution in [1.82, 2.24) is 15.6 Å². The molecule has 5 nitrogen and oxygen atoms in total. The molecule has 26 heavy (non-hydrogen) atoms. The van der Waals surface area contributed by atoms with Crippen LogP contribution in [0.4, 0.5) is 10.6 Å². The van der Waals surface area contributed by atoms with Crippen LogP contribution in [0.3, 0.4) is 0 Å². The number of carbonyl (C=O) groups excluding carboxylic acids is 1. The molecule has 1 fully saturated rings. The van der Waals surface area contributed by atoms with E-state index in [0.29, 0.717) is 6.54 Å². The van der Waals surface area contributed by atoms with Gasteiger partial charge in [0.25, 0.3) is 0 Å². The first-order valence-electron chi connectivity index (χ1n) is 9.55. The van der Waals surface area contributed by atoms with Crippen molar-refractivity contribution in [1.29, 1.82) is 0 Å². The SMILES string of the molecule is CCC[C@@H](NC(=O)NCc1ccnc(N2CCCC2)c1)c1ccccc1. The smallest absolute Gasteiger partial charge is 0.315 e. The van der Waals surface area contributed by atoms with Crippen LogP contribution >= 0.6 is 0 Å². The van der Waals surface area contributed by atoms with Crippen LogP contribution in [0, 0.1) is 0 Å². The van der Waals surface area contributed by atoms with E-state index in [1.165, 1.54) is 12.8 Å². The standard InChI is InChI=1S/C21H28N4O/c1-2-8-19(18-9-4-3-5-10-18)24-21(26)23-16-17-11-12-22-20(15-17)25-13-6-7-14-25/h3-5,9-12,15,19H,2,6-8,13-14,16H2,1H3,(H2,23,24,26)/t19-/m1/s1. The lowest BCUT2D eigenvalue weighted by Crippen LogP contribution is -2.37. The third-order valence-electron chi connectivity index (χ3n) is 4.78. The van der Waals surface area contributed by atoms with Gasteiger partial charge in [-0.3, -0.25) is 0 Å². The molecule has 5 heteroatoms. The molecule has 2 aromatic rings. The molecule has 2 amide bonds. The largest absolute Gasteiger partial charge is 0.357 e. The Bertz CT molecular complexity index is 698. The summed E-state index contributed by atoms with van der Waals surface area (Å²) in [6.07, 6.45) is 6.22. The molecule has 2 N–H and O–H groups in total. The van der Waals surface area contributed by atoms with Crippen molar-refractivity contribution < 1.29 is 4.79 Å². The van der Waals surface area contributed by atoms with Crippen LogP contribution in [0.25, 0.3) is 0 Å². The van der Waals surface area contributed by atoms with Gasteiger partial charge in [-0.05, 0) is 42.5 Å². The number of pyridine rings is 1. The Balaban J connectivity index is 1.55. The predicted molar refractivity (Wildman–Crippen MR) is 105 cm³/mol. The number of rotatable bonds is 7. The second-order valence-corrected chi connectivity index (χ2v) is 6.80. The molecule has 0 radical (unpaired) electrons. The van der Waals surface area contributed by atoms with Crippen molar-refractivity contribution in [2.45, 2.75) is 45.2 Å². The summed E-state index contributed by atoms with van der Waals surface area (Å²) in [5.74, 6) is 1.01. The summed E-state index contributed by atoms with van der Waals surface area (Å²) in [4.78, 5) is 19.1. The maximum atomic E-state index is 12.4. The quantitative estimate of drug-likeness (QED) is 0.791. The van der Waals surface area contributed by atoms with Crippen molar-refractivity contribution in [2.24, 2.45) is 0 Å². The average Bonchev–Trinajstić information content (AvgIpc) is 3.22. The van der Waals surface area contributed by atoms with Crippen LogP contribution in [0.5, 0.6) is 0 Å². The van der Waals surface area contributed by atoms with Crippen molar-refractivity contribution in [3.63, 3.8) is 0 Å². The van der Waals surface area contributed by atoms with Crippen LogP contribution in [0.2, 0.25) is 0 Å². The van der Waals surface area contributed by atoms with Gasteiger partial charge in [0.15, 0.2) is 0 Å². The number of hydrogen-bond acceptors (Lipinski definition) is 3. The highest BCUT2D eigenvalue weighted by atomic mass is 16.2. The topological polar surface area (TPSA) is 57.3 Å². The van der Waals surface area contributed by atoms with Gasteiger partial charge in [0.05, 0.1) is 6.04 Å². The lowest BCUT2D eigenvalue weighted by Gasteiger charge is -2.19. The summed E-state index contributed by atoms with van der Waals surface area (Å²) in [6.45, 7) is 4.77. The minimum Gasteiger partial charge on any atom is -0.357 e. The van der Waals surface area contributed by atoms with Gasteiger partial charge < -0.3 is 15.5 Å². The summed E-state index contributed by atoms with van der Waals surface area (Å²) in [5, 5.41) is 6.08. The van der Waals surface area contributed by atoms with E-state index in [1.807, 2.05) is 30.5 Å². The molecule has 0 spiro atoms. The van der Waals surface area contributed by atoms with Crippen LogP contribution in [0.1, 0.15) is 49.8 Å². The fourth-order valence-electron chi connectivity index (χ4n) is 3.38. The second kappa shape index (κ2) is 9.22. The number of nitrogens with one attached hydrogen (secondary N) is 2. The minimum absolute atomic E-state index is 0.0406. The first-order valence-corrected chi connectivity index (χ1v) is 9.55. The van der Waals surface area contributed by atoms with Crippen molar-refractivity contribution in [3.05, 3.63) is 59.8 Å². The molecule has 138 valence electrons. The van der Waals surface area contributed by atoms with Gasteiger partial charge in [-0.2, -0.15) is 0 Å². The third-order valence-corrected chi connectivity index (χ3v) is 4.78. The molecule has 3 rings (SSSR count). The fourth-order valence-corrected chi connectivity index (χ4v) is 3.38. The number of urea groups is 1. The zero-order valence-corrected chi connectivity index (χ0v) is 15.4. The molecule has 1 aromatic heterocycles. The zero-order valence-electron chi connectivity index (χ0n) is 15.4. The number of hydrogen-bond donors (Lipinski definition) is 2. The van der Waals surface area contributed by atoms with E-state index in [4.69, 9.17) is 0 Å². The average molecular weight is 352 g/mol. The van der Waals surface area contributed by atoms with Crippen LogP contribution in [-0.4, -0.2) is 24.1 Å². The minimum atomic E-state index is -0.133. The Morgan fingerprint density at radius 3 is 2.69 bits per heavy atom. The molecule has 0 bridgehead atoms. The van der Waals surface area contributed by atoms with Gasteiger partial charge >= 0.3 is 6.03 Å². The summed E-state index contributed by atoms with van der Waals surface area (Å²) < 4.78 is 0. The van der Waals surface area contributed by atoms with Gasteiger partial charge in [0, 0.05) is 25.8 Å². The van der Waals surface area contributed by atoms with Gasteiger partial charge in [0.2, 0.25) is 0 Å². The molecule has 1 aliphatic rings. The maximum Gasteiger partial charge on any atom is 0.315 e. The number of benzene rings is 1. The van der Waals surface area contributed by atoms with Crippen molar-refractivity contribution in [2.75, 3.05) is 18.0 Å². The van der Waals surface area contributed by atoms with Gasteiger partial charge in [-0.1, -0.05) is 43.7 Å². The van der Waals surface area contributed by atoms with E-state index >= 15 is 0 Å². The van der Waals surface area contributed by atoms with E-state index in [0.717, 1.165) is 42.9 Å². The highest BCUT2D eigenvalue weighted by Gasteiger charge is 2.15. The molecule has 1 saturated heterocycles. The van der Waals surface area contributed by atoms with E-state index in [2.05, 4.69) is 45.6 Å². The molecule has 1 aliphatic heterocycles. The molecular weight excluding hydrogens is 324 g/mol. The molecule has 1 atom stereocenters. The number of aromatic nitrogens is 1. The van der Waals surface area contributed by atoms with Crippen molar-refractivity contribution in [3.8, 4) is 0 Å². The number of anilines is 1. The summed E-state index contributed by atoms with van der Waals surface area (Å²) in [6, 6.07) is 14.1. The normalized spacial score (nSPS) is 14.9. The van der Waals surface area contributed by atoms with Gasteiger partial charge in [-0.15, -0.1) is 0 Å². The molecule has 1 aromatic carbocycles. The highest BCUT2D eigenvalue weighted by molar-refractivity contribution is 5.74. The van der Waals surface area contributed by atoms with Crippen LogP contribution in [0.15, 0.2) is 48.7 Å². The third kappa shape index (κ3) is 4.97. The highest BCUT2D eigenvalue weighted by Crippen LogP contribution is 2.19. The van der Waals surface area contributed by atoms with Crippen LogP contribution < -0.4 is 15.5 Å². The molecule has 2 heterocycles. The molecule has 0 unspecified atom stereocenters. The van der Waals surface area contributed by atoms with E-state index in [-0.39, 0.29) is 12.1 Å².